The van der Waals surface area contributed by atoms with Crippen molar-refractivity contribution in [2.75, 3.05) is 99.9 Å². The number of carbonyl (C=O) groups excluding carboxylic acids is 3. The van der Waals surface area contributed by atoms with Crippen LogP contribution in [0.3, 0.4) is 0 Å². The zero-order valence-electron chi connectivity index (χ0n) is 44.3. The van der Waals surface area contributed by atoms with Crippen LogP contribution in [0.4, 0.5) is 63.6 Å². The van der Waals surface area contributed by atoms with Gasteiger partial charge in [0.25, 0.3) is 0 Å². The van der Waals surface area contributed by atoms with Gasteiger partial charge in [0.15, 0.2) is 11.5 Å². The summed E-state index contributed by atoms with van der Waals surface area (Å²) in [5.74, 6) is -0.752. The Bertz CT molecular complexity index is 3460. The number of nitrogens with two attached hydrogens (primary N) is 1. The van der Waals surface area contributed by atoms with Crippen LogP contribution in [0.25, 0.3) is 44.3 Å². The number of nitrogen functional groups attached to an aromatic ring is 1. The molecule has 4 aromatic heterocycles. The summed E-state index contributed by atoms with van der Waals surface area (Å²) in [6, 6.07) is 24.2. The monoisotopic (exact) mass is 1070 g/mol. The van der Waals surface area contributed by atoms with Crippen molar-refractivity contribution in [1.29, 1.82) is 0 Å². The van der Waals surface area contributed by atoms with E-state index in [1.54, 1.807) is 42.3 Å². The van der Waals surface area contributed by atoms with E-state index in [2.05, 4.69) is 42.5 Å². The summed E-state index contributed by atoms with van der Waals surface area (Å²) in [5, 5.41) is 10.3. The summed E-state index contributed by atoms with van der Waals surface area (Å²) >= 11 is 0. The van der Waals surface area contributed by atoms with Gasteiger partial charge in [0, 0.05) is 113 Å². The summed E-state index contributed by atoms with van der Waals surface area (Å²) in [6.07, 6.45) is 7.60. The predicted octanol–water partition coefficient (Wildman–Crippen LogP) is 9.91. The van der Waals surface area contributed by atoms with Gasteiger partial charge in [-0.05, 0) is 70.7 Å². The number of hydrogen-bond acceptors (Lipinski definition) is 16. The minimum absolute atomic E-state index is 0.0851. The lowest BCUT2D eigenvalue weighted by atomic mass is 10.1. The van der Waals surface area contributed by atoms with Crippen molar-refractivity contribution in [2.45, 2.75) is 27.1 Å². The highest BCUT2D eigenvalue weighted by Crippen LogP contribution is 2.41. The number of carbonyl (C=O) groups is 3. The number of aromatic nitrogens is 6. The number of nitrogens with zero attached hydrogens (tertiary/aromatic N) is 10. The molecule has 5 N–H and O–H groups in total. The number of ether oxygens (including phenoxy) is 2. The second-order valence-electron chi connectivity index (χ2n) is 18.4. The fourth-order valence-electron chi connectivity index (χ4n) is 8.28. The van der Waals surface area contributed by atoms with Gasteiger partial charge in [-0.1, -0.05) is 43.0 Å². The van der Waals surface area contributed by atoms with Gasteiger partial charge in [0.05, 0.1) is 56.5 Å². The molecule has 4 aromatic carbocycles. The Balaban J connectivity index is 0.000000227. The maximum Gasteiger partial charge on any atom is 0.387 e. The molecule has 0 aliphatic carbocycles. The van der Waals surface area contributed by atoms with E-state index >= 15 is 0 Å². The average Bonchev–Trinajstić information content (AvgIpc) is 4.05. The van der Waals surface area contributed by atoms with Crippen molar-refractivity contribution in [3.05, 3.63) is 122 Å². The number of fused-ring (bicyclic) bond motifs is 2. The van der Waals surface area contributed by atoms with Crippen molar-refractivity contribution in [1.82, 2.24) is 38.9 Å². The van der Waals surface area contributed by atoms with Gasteiger partial charge in [0.2, 0.25) is 29.6 Å². The SMILES string of the molecule is C=CC(=O)Nc1cc(Nc2nccc(-c3cn(C(C)=O)c4ccccc34)n2)c(OC(F)F)cc1N(C)CCN(C)C.CC(=O)n1cc(-c2ccnc(Nc3cc(N)c(N(C)CCN(C)C)cc3OC(F)F)n2)c2ccccc21. The molecule has 0 fully saturated rings. The minimum Gasteiger partial charge on any atom is -0.433 e. The smallest absolute Gasteiger partial charge is 0.387 e. The molecule has 78 heavy (non-hydrogen) atoms. The van der Waals surface area contributed by atoms with Gasteiger partial charge in [-0.3, -0.25) is 23.5 Å². The number of anilines is 8. The highest BCUT2D eigenvalue weighted by atomic mass is 19.3. The molecule has 4 heterocycles. The fourth-order valence-corrected chi connectivity index (χ4v) is 8.28. The van der Waals surface area contributed by atoms with Crippen LogP contribution in [0, 0.1) is 0 Å². The van der Waals surface area contributed by atoms with E-state index in [-0.39, 0.29) is 46.6 Å². The molecule has 0 saturated carbocycles. The van der Waals surface area contributed by atoms with Gasteiger partial charge in [-0.25, -0.2) is 19.9 Å². The fraction of sp³-hybridized carbons (Fsp3) is 0.255. The maximum absolute atomic E-state index is 13.5. The largest absolute Gasteiger partial charge is 0.433 e. The lowest BCUT2D eigenvalue weighted by molar-refractivity contribution is -0.111. The molecule has 0 unspecified atom stereocenters. The molecule has 0 atom stereocenters. The molecule has 19 nitrogen and oxygen atoms in total. The summed E-state index contributed by atoms with van der Waals surface area (Å²) in [4.78, 5) is 61.9. The number of hydrogen-bond donors (Lipinski definition) is 4. The third-order valence-corrected chi connectivity index (χ3v) is 12.1. The lowest BCUT2D eigenvalue weighted by Crippen LogP contribution is -2.29. The van der Waals surface area contributed by atoms with Crippen LogP contribution in [0.2, 0.25) is 0 Å². The van der Waals surface area contributed by atoms with Gasteiger partial charge >= 0.3 is 13.2 Å². The standard InChI is InChI=1S/C29H31F2N7O3.C26H29F2N7O2/c1-6-27(40)33-22-15-23(26(41-28(30)31)16-25(22)37(5)14-13-36(3)4)35-29-32-12-11-21(34-29)20-17-38(18(2)39)24-10-8-7-9-19(20)24;1-16(36)35-15-18(17-7-5-6-8-22(17)35)20-9-10-30-26(31-20)32-21-13-19(29)23(14-24(21)37-25(27)28)34(4)12-11-33(2)3/h6-12,15-17,28H,1,13-14H2,2-5H3,(H,33,40)(H,32,34,35);5-10,13-15,25H,11-12,29H2,1-4H3,(H,30,31,32). The van der Waals surface area contributed by atoms with Crippen molar-refractivity contribution in [2.24, 2.45) is 0 Å². The third-order valence-electron chi connectivity index (χ3n) is 12.1. The van der Waals surface area contributed by atoms with E-state index in [0.717, 1.165) is 40.0 Å². The summed E-state index contributed by atoms with van der Waals surface area (Å²) in [6.45, 7) is 2.93. The van der Waals surface area contributed by atoms with Crippen LogP contribution >= 0.6 is 0 Å². The molecule has 0 aliphatic rings. The molecular formula is C55H60F4N14O5. The summed E-state index contributed by atoms with van der Waals surface area (Å²) in [5.41, 5.74) is 12.3. The number of para-hydroxylation sites is 2. The van der Waals surface area contributed by atoms with Crippen LogP contribution in [0.1, 0.15) is 23.4 Å². The van der Waals surface area contributed by atoms with Crippen LogP contribution in [0.5, 0.6) is 11.5 Å². The second kappa shape index (κ2) is 25.2. The number of halogens is 4. The first-order valence-electron chi connectivity index (χ1n) is 24.3. The Kier molecular flexibility index (Phi) is 18.3. The van der Waals surface area contributed by atoms with Crippen molar-refractivity contribution >= 4 is 85.5 Å². The summed E-state index contributed by atoms with van der Waals surface area (Å²) < 4.78 is 66.2. The van der Waals surface area contributed by atoms with Crippen LogP contribution in [-0.2, 0) is 4.79 Å². The molecular weight excluding hydrogens is 1010 g/mol. The Morgan fingerprint density at radius 1 is 0.628 bits per heavy atom. The normalized spacial score (nSPS) is 11.2. The zero-order chi connectivity index (χ0) is 56.4. The molecule has 1 amide bonds. The quantitative estimate of drug-likeness (QED) is 0.0318. The Labute approximate surface area is 447 Å². The Morgan fingerprint density at radius 3 is 1.50 bits per heavy atom. The van der Waals surface area contributed by atoms with E-state index in [9.17, 15) is 31.9 Å². The molecule has 0 aliphatic heterocycles. The van der Waals surface area contributed by atoms with Crippen molar-refractivity contribution in [3.8, 4) is 34.0 Å². The average molecular weight is 1070 g/mol. The molecule has 0 bridgehead atoms. The van der Waals surface area contributed by atoms with Crippen molar-refractivity contribution in [3.63, 3.8) is 0 Å². The van der Waals surface area contributed by atoms with Crippen molar-refractivity contribution < 1.29 is 41.4 Å². The number of alkyl halides is 4. The molecule has 8 rings (SSSR count). The third kappa shape index (κ3) is 13.8. The van der Waals surface area contributed by atoms with E-state index in [1.165, 1.54) is 48.9 Å². The number of nitrogens with one attached hydrogen (secondary N) is 3. The first-order valence-corrected chi connectivity index (χ1v) is 24.3. The molecule has 23 heteroatoms. The number of amides is 1. The van der Waals surface area contributed by atoms with E-state index < -0.39 is 19.1 Å². The molecule has 0 saturated heterocycles. The number of benzene rings is 4. The lowest BCUT2D eigenvalue weighted by Gasteiger charge is -2.26. The van der Waals surface area contributed by atoms with E-state index in [4.69, 9.17) is 15.2 Å². The van der Waals surface area contributed by atoms with Gasteiger partial charge in [-0.2, -0.15) is 17.6 Å². The highest BCUT2D eigenvalue weighted by molar-refractivity contribution is 6.03. The minimum atomic E-state index is -3.10. The van der Waals surface area contributed by atoms with Crippen LogP contribution in [0.15, 0.2) is 122 Å². The maximum atomic E-state index is 13.5. The molecule has 408 valence electrons. The second-order valence-corrected chi connectivity index (χ2v) is 18.4. The zero-order valence-corrected chi connectivity index (χ0v) is 44.3. The summed E-state index contributed by atoms with van der Waals surface area (Å²) in [7, 11) is 11.3. The Hall–Kier alpha value is -9.09. The first-order chi connectivity index (χ1) is 37.2. The van der Waals surface area contributed by atoms with E-state index in [1.807, 2.05) is 103 Å². The Morgan fingerprint density at radius 2 is 1.06 bits per heavy atom. The van der Waals surface area contributed by atoms with Gasteiger partial charge in [-0.15, -0.1) is 0 Å². The molecule has 0 spiro atoms. The highest BCUT2D eigenvalue weighted by Gasteiger charge is 2.22. The number of likely N-dealkylation sites (N-methyl/N-ethyl adjacent to an activating group) is 4. The molecule has 0 radical (unpaired) electrons. The van der Waals surface area contributed by atoms with Crippen LogP contribution in [-0.4, -0.2) is 138 Å². The molecule has 8 aromatic rings. The van der Waals surface area contributed by atoms with E-state index in [0.29, 0.717) is 59.3 Å². The van der Waals surface area contributed by atoms with Gasteiger partial charge in [0.1, 0.15) is 0 Å². The number of rotatable bonds is 20. The van der Waals surface area contributed by atoms with Crippen LogP contribution < -0.4 is 41.0 Å². The first kappa shape index (κ1) is 56.6. The topological polar surface area (TPSA) is 206 Å². The van der Waals surface area contributed by atoms with Gasteiger partial charge < -0.3 is 50.8 Å². The predicted molar refractivity (Wildman–Crippen MR) is 298 cm³/mol.